The van der Waals surface area contributed by atoms with Crippen molar-refractivity contribution in [3.05, 3.63) is 72.1 Å². The van der Waals surface area contributed by atoms with Crippen molar-refractivity contribution < 1.29 is 19.1 Å². The predicted octanol–water partition coefficient (Wildman–Crippen LogP) is 10.3. The summed E-state index contributed by atoms with van der Waals surface area (Å²) in [6.45, 7) is 5.14. The van der Waals surface area contributed by atoms with E-state index in [0.717, 1.165) is 38.5 Å². The third kappa shape index (κ3) is 9.10. The number of fused-ring (bicyclic) bond motifs is 2. The number of carbonyl (C=O) groups excluding carboxylic acids is 2. The van der Waals surface area contributed by atoms with Gasteiger partial charge in [0.25, 0.3) is 0 Å². The Balaban J connectivity index is 1.58. The number of carbonyl (C=O) groups is 2. The Morgan fingerprint density at radius 1 is 0.523 bits per heavy atom. The summed E-state index contributed by atoms with van der Waals surface area (Å²) in [4.78, 5) is 36.8. The number of unbranched alkanes of at least 4 members (excludes halogenated alkanes) is 12. The maximum atomic E-state index is 13.7. The molecule has 0 saturated heterocycles. The summed E-state index contributed by atoms with van der Waals surface area (Å²) < 4.78 is 11.7. The minimum atomic E-state index is -0.417. The number of hydrogen-bond donors (Lipinski definition) is 0. The molecule has 0 fully saturated rings. The molecule has 0 radical (unpaired) electrons. The largest absolute Gasteiger partial charge is 0.462 e. The zero-order valence-corrected chi connectivity index (χ0v) is 26.6. The van der Waals surface area contributed by atoms with E-state index in [1.54, 1.807) is 12.4 Å². The molecule has 0 aliphatic carbocycles. The molecule has 2 heterocycles. The second-order valence-corrected chi connectivity index (χ2v) is 11.6. The van der Waals surface area contributed by atoms with E-state index in [9.17, 15) is 9.59 Å². The van der Waals surface area contributed by atoms with E-state index < -0.39 is 11.9 Å². The minimum Gasteiger partial charge on any atom is -0.462 e. The Morgan fingerprint density at radius 3 is 1.30 bits per heavy atom. The molecule has 44 heavy (non-hydrogen) atoms. The molecule has 0 atom stereocenters. The lowest BCUT2D eigenvalue weighted by molar-refractivity contribution is 0.0489. The fourth-order valence-corrected chi connectivity index (χ4v) is 5.72. The van der Waals surface area contributed by atoms with Gasteiger partial charge in [-0.25, -0.2) is 9.59 Å². The molecule has 2 aromatic carbocycles. The van der Waals surface area contributed by atoms with Crippen LogP contribution in [0.2, 0.25) is 0 Å². The van der Waals surface area contributed by atoms with Gasteiger partial charge in [0.05, 0.1) is 35.4 Å². The van der Waals surface area contributed by atoms with Crippen LogP contribution in [-0.2, 0) is 9.47 Å². The highest BCUT2D eigenvalue weighted by atomic mass is 16.5. The molecule has 0 amide bonds. The number of hydrogen-bond acceptors (Lipinski definition) is 6. The fraction of sp³-hybridized carbons (Fsp3) is 0.474. The number of ether oxygens (including phenoxy) is 2. The highest BCUT2D eigenvalue weighted by Gasteiger charge is 2.25. The molecule has 4 rings (SSSR count). The first-order valence-electron chi connectivity index (χ1n) is 16.8. The van der Waals surface area contributed by atoms with Crippen molar-refractivity contribution in [1.82, 2.24) is 9.97 Å². The average Bonchev–Trinajstić information content (AvgIpc) is 3.05. The lowest BCUT2D eigenvalue weighted by atomic mass is 9.93. The van der Waals surface area contributed by atoms with Gasteiger partial charge < -0.3 is 9.47 Å². The van der Waals surface area contributed by atoms with Crippen LogP contribution in [-0.4, -0.2) is 35.1 Å². The molecular formula is C38H48N2O4. The number of aromatic nitrogens is 2. The van der Waals surface area contributed by atoms with Gasteiger partial charge in [0.1, 0.15) is 0 Å². The topological polar surface area (TPSA) is 78.4 Å². The van der Waals surface area contributed by atoms with Crippen molar-refractivity contribution in [3.63, 3.8) is 0 Å². The highest BCUT2D eigenvalue weighted by molar-refractivity contribution is 6.14. The fourth-order valence-electron chi connectivity index (χ4n) is 5.72. The number of rotatable bonds is 19. The molecule has 4 aromatic rings. The van der Waals surface area contributed by atoms with Crippen molar-refractivity contribution in [1.29, 1.82) is 0 Å². The van der Waals surface area contributed by atoms with Crippen LogP contribution in [0.4, 0.5) is 0 Å². The van der Waals surface area contributed by atoms with Crippen LogP contribution in [0.15, 0.2) is 60.9 Å². The average molecular weight is 597 g/mol. The molecule has 6 nitrogen and oxygen atoms in total. The summed E-state index contributed by atoms with van der Waals surface area (Å²) in [5, 5.41) is 1.37. The van der Waals surface area contributed by atoms with Crippen LogP contribution < -0.4 is 0 Å². The summed E-state index contributed by atoms with van der Waals surface area (Å²) in [6, 6.07) is 15.1. The van der Waals surface area contributed by atoms with Crippen molar-refractivity contribution in [2.75, 3.05) is 13.2 Å². The van der Waals surface area contributed by atoms with Crippen LogP contribution in [0.1, 0.15) is 124 Å². The lowest BCUT2D eigenvalue weighted by Crippen LogP contribution is -2.13. The molecular weight excluding hydrogens is 548 g/mol. The number of pyridine rings is 2. The van der Waals surface area contributed by atoms with E-state index in [1.807, 2.05) is 48.5 Å². The highest BCUT2D eigenvalue weighted by Crippen LogP contribution is 2.35. The molecule has 0 saturated carbocycles. The van der Waals surface area contributed by atoms with E-state index in [0.29, 0.717) is 57.3 Å². The van der Waals surface area contributed by atoms with E-state index >= 15 is 0 Å². The molecule has 234 valence electrons. The zero-order chi connectivity index (χ0) is 31.0. The first kappa shape index (κ1) is 33.1. The van der Waals surface area contributed by atoms with E-state index in [1.165, 1.54) is 51.4 Å². The summed E-state index contributed by atoms with van der Waals surface area (Å²) in [5.74, 6) is -0.833. The summed E-state index contributed by atoms with van der Waals surface area (Å²) in [6.07, 6.45) is 19.3. The van der Waals surface area contributed by atoms with Gasteiger partial charge in [-0.2, -0.15) is 0 Å². The number of nitrogens with zero attached hydrogens (tertiary/aromatic N) is 2. The molecule has 0 bridgehead atoms. The van der Waals surface area contributed by atoms with Crippen molar-refractivity contribution >= 4 is 33.7 Å². The third-order valence-electron chi connectivity index (χ3n) is 8.21. The lowest BCUT2D eigenvalue weighted by Gasteiger charge is -2.16. The Labute approximate surface area is 262 Å². The smallest absolute Gasteiger partial charge is 0.339 e. The van der Waals surface area contributed by atoms with Gasteiger partial charge in [-0.1, -0.05) is 127 Å². The van der Waals surface area contributed by atoms with Gasteiger partial charge in [0.2, 0.25) is 0 Å². The van der Waals surface area contributed by atoms with Gasteiger partial charge in [0.15, 0.2) is 0 Å². The number of esters is 2. The van der Waals surface area contributed by atoms with Crippen LogP contribution in [0.5, 0.6) is 0 Å². The SMILES string of the molecule is CCCCCCCCCOC(=O)c1c(-c2cnc3ccccc3c2C(=O)OCCCCCCCCC)cnc2ccccc12. The normalized spacial score (nSPS) is 11.2. The van der Waals surface area contributed by atoms with Gasteiger partial charge in [0, 0.05) is 34.3 Å². The Kier molecular flexibility index (Phi) is 13.6. The van der Waals surface area contributed by atoms with Crippen LogP contribution in [0, 0.1) is 0 Å². The number of para-hydroxylation sites is 2. The predicted molar refractivity (Wildman–Crippen MR) is 179 cm³/mol. The van der Waals surface area contributed by atoms with Crippen LogP contribution in [0.3, 0.4) is 0 Å². The van der Waals surface area contributed by atoms with E-state index in [2.05, 4.69) is 23.8 Å². The minimum absolute atomic E-state index is 0.353. The van der Waals surface area contributed by atoms with Crippen molar-refractivity contribution in [2.45, 2.75) is 104 Å². The molecule has 0 unspecified atom stereocenters. The Morgan fingerprint density at radius 2 is 0.886 bits per heavy atom. The summed E-state index contributed by atoms with van der Waals surface area (Å²) in [7, 11) is 0. The summed E-state index contributed by atoms with van der Waals surface area (Å²) >= 11 is 0. The monoisotopic (exact) mass is 596 g/mol. The molecule has 2 aromatic heterocycles. The maximum absolute atomic E-state index is 13.7. The van der Waals surface area contributed by atoms with Crippen molar-refractivity contribution in [2.24, 2.45) is 0 Å². The Bertz CT molecular complexity index is 1390. The zero-order valence-electron chi connectivity index (χ0n) is 26.6. The van der Waals surface area contributed by atoms with Gasteiger partial charge >= 0.3 is 11.9 Å². The standard InChI is InChI=1S/C38H48N2O4/c1-3-5-7-9-11-13-19-25-43-37(41)35-29-21-15-17-23-33(29)39-27-31(35)32-28-40-34-24-18-16-22-30(34)36(32)38(42)44-26-20-14-12-10-8-6-4-2/h15-18,21-24,27-28H,3-14,19-20,25-26H2,1-2H3. The first-order chi connectivity index (χ1) is 21.7. The van der Waals surface area contributed by atoms with Crippen LogP contribution >= 0.6 is 0 Å². The maximum Gasteiger partial charge on any atom is 0.339 e. The molecule has 0 aliphatic rings. The molecule has 0 aliphatic heterocycles. The van der Waals surface area contributed by atoms with E-state index in [4.69, 9.17) is 9.47 Å². The second-order valence-electron chi connectivity index (χ2n) is 11.6. The van der Waals surface area contributed by atoms with Crippen LogP contribution in [0.25, 0.3) is 32.9 Å². The molecule has 0 spiro atoms. The number of benzene rings is 2. The quantitative estimate of drug-likeness (QED) is 0.0791. The summed E-state index contributed by atoms with van der Waals surface area (Å²) in [5.41, 5.74) is 3.23. The molecule has 0 N–H and O–H groups in total. The van der Waals surface area contributed by atoms with Gasteiger partial charge in [-0.05, 0) is 25.0 Å². The second kappa shape index (κ2) is 18.1. The van der Waals surface area contributed by atoms with E-state index in [-0.39, 0.29) is 0 Å². The third-order valence-corrected chi connectivity index (χ3v) is 8.21. The Hall–Kier alpha value is -3.80. The molecule has 6 heteroatoms. The van der Waals surface area contributed by atoms with Crippen molar-refractivity contribution in [3.8, 4) is 11.1 Å². The van der Waals surface area contributed by atoms with Gasteiger partial charge in [-0.15, -0.1) is 0 Å². The first-order valence-corrected chi connectivity index (χ1v) is 16.8. The van der Waals surface area contributed by atoms with Gasteiger partial charge in [-0.3, -0.25) is 9.97 Å².